The number of aliphatic carboxylic acids is 1. The van der Waals surface area contributed by atoms with Crippen molar-refractivity contribution >= 4 is 28.9 Å². The van der Waals surface area contributed by atoms with E-state index < -0.39 is 48.0 Å². The van der Waals surface area contributed by atoms with Gasteiger partial charge < -0.3 is 34.6 Å². The van der Waals surface area contributed by atoms with Crippen LogP contribution in [0.15, 0.2) is 42.6 Å². The average molecular weight is 549 g/mol. The van der Waals surface area contributed by atoms with Crippen molar-refractivity contribution in [1.29, 1.82) is 0 Å². The van der Waals surface area contributed by atoms with Crippen LogP contribution < -0.4 is 10.1 Å². The second kappa shape index (κ2) is 12.2. The number of nitrogens with zero attached hydrogens (tertiary/aromatic N) is 1. The Kier molecular flexibility index (Phi) is 8.97. The smallest absolute Gasteiger partial charge is 0.335 e. The van der Waals surface area contributed by atoms with Crippen LogP contribution in [0.1, 0.15) is 29.8 Å². The molecule has 7 atom stereocenters. The summed E-state index contributed by atoms with van der Waals surface area (Å²) < 4.78 is 16.5. The molecule has 2 aliphatic heterocycles. The number of pyridine rings is 1. The van der Waals surface area contributed by atoms with Crippen LogP contribution >= 0.6 is 11.8 Å². The average Bonchev–Trinajstić information content (AvgIpc) is 3.21. The fourth-order valence-corrected chi connectivity index (χ4v) is 4.87. The van der Waals surface area contributed by atoms with Gasteiger partial charge in [-0.1, -0.05) is 30.0 Å². The monoisotopic (exact) mass is 548 g/mol. The lowest BCUT2D eigenvalue weighted by Gasteiger charge is -2.39. The van der Waals surface area contributed by atoms with Crippen molar-refractivity contribution in [2.45, 2.75) is 61.8 Å². The highest BCUT2D eigenvalue weighted by Crippen LogP contribution is 2.28. The molecule has 13 heteroatoms. The predicted molar refractivity (Wildman–Crippen MR) is 132 cm³/mol. The van der Waals surface area contributed by atoms with E-state index in [4.69, 9.17) is 19.3 Å². The van der Waals surface area contributed by atoms with Crippen LogP contribution in [-0.4, -0.2) is 85.1 Å². The van der Waals surface area contributed by atoms with Crippen LogP contribution in [0, 0.1) is 0 Å². The third-order valence-electron chi connectivity index (χ3n) is 6.21. The molecule has 0 radical (unpaired) electrons. The summed E-state index contributed by atoms with van der Waals surface area (Å²) in [6.45, 7) is 2.02. The van der Waals surface area contributed by atoms with Gasteiger partial charge in [0.15, 0.2) is 12.4 Å². The van der Waals surface area contributed by atoms with Crippen LogP contribution in [0.25, 0.3) is 0 Å². The molecule has 0 aliphatic carbocycles. The number of aromatic nitrogens is 1. The van der Waals surface area contributed by atoms with E-state index in [9.17, 15) is 29.7 Å². The molecule has 0 saturated carbocycles. The normalized spacial score (nSPS) is 28.1. The number of carbonyl (C=O) groups excluding carboxylic acids is 2. The van der Waals surface area contributed by atoms with Gasteiger partial charge in [0, 0.05) is 18.3 Å². The van der Waals surface area contributed by atoms with Gasteiger partial charge in [-0.3, -0.25) is 19.9 Å². The number of carbonyl (C=O) groups is 3. The maximum absolute atomic E-state index is 11.7. The van der Waals surface area contributed by atoms with E-state index in [-0.39, 0.29) is 11.1 Å². The molecule has 38 heavy (non-hydrogen) atoms. The minimum Gasteiger partial charge on any atom is -0.493 e. The number of thioether (sulfide) groups is 1. The van der Waals surface area contributed by atoms with Crippen LogP contribution in [-0.2, 0) is 31.9 Å². The van der Waals surface area contributed by atoms with Crippen LogP contribution in [0.2, 0.25) is 0 Å². The summed E-state index contributed by atoms with van der Waals surface area (Å²) in [5.74, 6) is -1.10. The van der Waals surface area contributed by atoms with Gasteiger partial charge in [0.1, 0.15) is 24.1 Å². The van der Waals surface area contributed by atoms with Crippen molar-refractivity contribution in [3.63, 3.8) is 0 Å². The van der Waals surface area contributed by atoms with Crippen molar-refractivity contribution in [2.75, 3.05) is 6.61 Å². The molecule has 3 heterocycles. The second-order valence-corrected chi connectivity index (χ2v) is 10.1. The van der Waals surface area contributed by atoms with E-state index in [2.05, 4.69) is 10.3 Å². The van der Waals surface area contributed by atoms with Crippen LogP contribution in [0.4, 0.5) is 4.79 Å². The minimum absolute atomic E-state index is 0.273. The lowest BCUT2D eigenvalue weighted by Crippen LogP contribution is -2.60. The molecule has 12 nitrogen and oxygen atoms in total. The van der Waals surface area contributed by atoms with E-state index in [1.165, 1.54) is 0 Å². The summed E-state index contributed by atoms with van der Waals surface area (Å²) in [6.07, 6.45) is -6.46. The molecule has 2 aliphatic rings. The first-order chi connectivity index (χ1) is 18.1. The Morgan fingerprint density at radius 1 is 1.11 bits per heavy atom. The number of carboxylic acids is 1. The number of amides is 2. The topological polar surface area (TPSA) is 185 Å². The number of hydrogen-bond acceptors (Lipinski definition) is 11. The van der Waals surface area contributed by atoms with Gasteiger partial charge in [0.25, 0.3) is 5.24 Å². The third-order valence-corrected chi connectivity index (χ3v) is 7.19. The number of benzene rings is 1. The summed E-state index contributed by atoms with van der Waals surface area (Å²) in [6, 6.07) is 10.9. The molecular weight excluding hydrogens is 520 g/mol. The highest BCUT2D eigenvalue weighted by atomic mass is 32.2. The number of aliphatic hydroxyl groups is 3. The molecule has 2 aromatic rings. The Morgan fingerprint density at radius 2 is 1.84 bits per heavy atom. The zero-order valence-electron chi connectivity index (χ0n) is 20.3. The number of ether oxygens (including phenoxy) is 3. The van der Waals surface area contributed by atoms with Gasteiger partial charge in [-0.05, 0) is 42.7 Å². The summed E-state index contributed by atoms with van der Waals surface area (Å²) in [7, 11) is 0. The SMILES string of the molecule is C[C@H](O[C@@H]1O[C@@H](C(=O)O)[C@@H](O)[C@H](O)[C@@H]1O)c1ccc(CCOc2ccc(C[C@H]3SC(=O)NC3=O)cc2)nc1. The van der Waals surface area contributed by atoms with E-state index in [0.29, 0.717) is 30.8 Å². The summed E-state index contributed by atoms with van der Waals surface area (Å²) in [4.78, 5) is 38.6. The lowest BCUT2D eigenvalue weighted by atomic mass is 9.99. The Bertz CT molecular complexity index is 1150. The van der Waals surface area contributed by atoms with E-state index in [0.717, 1.165) is 23.0 Å². The molecule has 204 valence electrons. The van der Waals surface area contributed by atoms with Gasteiger partial charge >= 0.3 is 5.97 Å². The number of rotatable bonds is 10. The largest absolute Gasteiger partial charge is 0.493 e. The fraction of sp³-hybridized carbons (Fsp3) is 0.440. The number of aliphatic hydroxyl groups excluding tert-OH is 3. The van der Waals surface area contributed by atoms with Gasteiger partial charge in [-0.15, -0.1) is 0 Å². The molecular formula is C25H28N2O10S. The predicted octanol–water partition coefficient (Wildman–Crippen LogP) is 0.567. The van der Waals surface area contributed by atoms with Gasteiger partial charge in [0.05, 0.1) is 18.0 Å². The zero-order chi connectivity index (χ0) is 27.4. The van der Waals surface area contributed by atoms with Crippen LogP contribution in [0.3, 0.4) is 0 Å². The molecule has 1 aromatic carbocycles. The van der Waals surface area contributed by atoms with E-state index in [1.54, 1.807) is 37.4 Å². The molecule has 2 amide bonds. The molecule has 0 spiro atoms. The molecule has 0 bridgehead atoms. The van der Waals surface area contributed by atoms with E-state index >= 15 is 0 Å². The third kappa shape index (κ3) is 6.67. The van der Waals surface area contributed by atoms with Crippen molar-refractivity contribution in [3.8, 4) is 5.75 Å². The Morgan fingerprint density at radius 3 is 2.45 bits per heavy atom. The highest BCUT2D eigenvalue weighted by Gasteiger charge is 2.48. The minimum atomic E-state index is -1.79. The van der Waals surface area contributed by atoms with Gasteiger partial charge in [0.2, 0.25) is 5.91 Å². The highest BCUT2D eigenvalue weighted by molar-refractivity contribution is 8.15. The van der Waals surface area contributed by atoms with Gasteiger partial charge in [-0.2, -0.15) is 0 Å². The lowest BCUT2D eigenvalue weighted by molar-refractivity contribution is -0.304. The number of imide groups is 1. The Labute approximate surface area is 221 Å². The summed E-state index contributed by atoms with van der Waals surface area (Å²) >= 11 is 0.993. The number of carboxylic acid groups (broad SMARTS) is 1. The van der Waals surface area contributed by atoms with Crippen molar-refractivity contribution in [2.24, 2.45) is 0 Å². The first-order valence-electron chi connectivity index (χ1n) is 11.9. The van der Waals surface area contributed by atoms with Crippen LogP contribution in [0.5, 0.6) is 5.75 Å². The van der Waals surface area contributed by atoms with E-state index in [1.807, 2.05) is 12.1 Å². The standard InChI is InChI=1S/C25H28N2O10S/c1-12(36-24-20(30)18(28)19(29)21(37-24)23(32)33)14-4-5-15(26-11-14)8-9-35-16-6-2-13(3-7-16)10-17-22(31)27-25(34)38-17/h2-7,11-12,17-21,24,28-30H,8-10H2,1H3,(H,32,33)(H,27,31,34)/t12-,17+,18-,19-,20-,21+,24+/m0/s1. The van der Waals surface area contributed by atoms with Crippen molar-refractivity contribution < 1.29 is 49.0 Å². The molecule has 4 rings (SSSR count). The molecule has 1 aromatic heterocycles. The Hall–Kier alpha value is -3.07. The zero-order valence-corrected chi connectivity index (χ0v) is 21.1. The quantitative estimate of drug-likeness (QED) is 0.278. The van der Waals surface area contributed by atoms with Crippen molar-refractivity contribution in [1.82, 2.24) is 10.3 Å². The maximum Gasteiger partial charge on any atom is 0.335 e. The van der Waals surface area contributed by atoms with Crippen molar-refractivity contribution in [3.05, 3.63) is 59.4 Å². The van der Waals surface area contributed by atoms with Gasteiger partial charge in [-0.25, -0.2) is 4.79 Å². The Balaban J connectivity index is 1.24. The molecule has 2 fully saturated rings. The fourth-order valence-electron chi connectivity index (χ4n) is 4.01. The maximum atomic E-state index is 11.7. The second-order valence-electron chi connectivity index (χ2n) is 8.93. The number of hydrogen-bond donors (Lipinski definition) is 5. The number of nitrogens with one attached hydrogen (secondary N) is 1. The molecule has 2 saturated heterocycles. The molecule has 5 N–H and O–H groups in total. The summed E-state index contributed by atoms with van der Waals surface area (Å²) in [5, 5.41) is 40.5. The summed E-state index contributed by atoms with van der Waals surface area (Å²) in [5.41, 5.74) is 2.30. The first-order valence-corrected chi connectivity index (χ1v) is 12.8. The molecule has 0 unspecified atom stereocenters. The first kappa shape index (κ1) is 28.0.